The predicted molar refractivity (Wildman–Crippen MR) is 63.7 cm³/mol. The van der Waals surface area contributed by atoms with Gasteiger partial charge in [-0.15, -0.1) is 0 Å². The van der Waals surface area contributed by atoms with Crippen LogP contribution in [0.25, 0.3) is 0 Å². The Morgan fingerprint density at radius 3 is 2.76 bits per heavy atom. The van der Waals surface area contributed by atoms with Crippen LogP contribution in [0.1, 0.15) is 21.6 Å². The third-order valence-corrected chi connectivity index (χ3v) is 2.15. The number of aromatic nitrogens is 1. The number of aldehydes is 1. The highest BCUT2D eigenvalue weighted by atomic mass is 16.3. The SMILES string of the molecule is O=Cc1cc(C#Cc2ccccn2)ccc1O. The van der Waals surface area contributed by atoms with Crippen molar-refractivity contribution in [3.63, 3.8) is 0 Å². The molecule has 2 rings (SSSR count). The molecule has 1 heterocycles. The highest BCUT2D eigenvalue weighted by Gasteiger charge is 1.99. The van der Waals surface area contributed by atoms with Gasteiger partial charge in [-0.3, -0.25) is 4.79 Å². The van der Waals surface area contributed by atoms with E-state index in [4.69, 9.17) is 0 Å². The van der Waals surface area contributed by atoms with Crippen LogP contribution in [0.4, 0.5) is 0 Å². The lowest BCUT2D eigenvalue weighted by molar-refractivity contribution is 0.112. The van der Waals surface area contributed by atoms with Crippen molar-refractivity contribution in [3.05, 3.63) is 59.4 Å². The number of rotatable bonds is 1. The van der Waals surface area contributed by atoms with E-state index in [2.05, 4.69) is 16.8 Å². The van der Waals surface area contributed by atoms with Crippen LogP contribution >= 0.6 is 0 Å². The molecule has 0 atom stereocenters. The maximum atomic E-state index is 10.6. The number of benzene rings is 1. The predicted octanol–water partition coefficient (Wildman–Crippen LogP) is 2.00. The highest BCUT2D eigenvalue weighted by Crippen LogP contribution is 2.15. The van der Waals surface area contributed by atoms with Crippen LogP contribution in [0.2, 0.25) is 0 Å². The number of carbonyl (C=O) groups excluding carboxylic acids is 1. The van der Waals surface area contributed by atoms with Gasteiger partial charge < -0.3 is 5.11 Å². The van der Waals surface area contributed by atoms with E-state index in [1.807, 2.05) is 12.1 Å². The van der Waals surface area contributed by atoms with Gasteiger partial charge >= 0.3 is 0 Å². The number of hydrogen-bond acceptors (Lipinski definition) is 3. The van der Waals surface area contributed by atoms with Gasteiger partial charge in [-0.1, -0.05) is 12.0 Å². The fraction of sp³-hybridized carbons (Fsp3) is 0. The second kappa shape index (κ2) is 4.95. The Kier molecular flexibility index (Phi) is 3.18. The van der Waals surface area contributed by atoms with Crippen molar-refractivity contribution in [1.82, 2.24) is 4.98 Å². The molecule has 0 fully saturated rings. The normalized spacial score (nSPS) is 9.18. The summed E-state index contributed by atoms with van der Waals surface area (Å²) < 4.78 is 0. The lowest BCUT2D eigenvalue weighted by Crippen LogP contribution is -1.84. The van der Waals surface area contributed by atoms with E-state index >= 15 is 0 Å². The first-order valence-electron chi connectivity index (χ1n) is 5.01. The lowest BCUT2D eigenvalue weighted by Gasteiger charge is -1.96. The van der Waals surface area contributed by atoms with Gasteiger partial charge in [0.25, 0.3) is 0 Å². The Bertz CT molecular complexity index is 595. The van der Waals surface area contributed by atoms with Crippen molar-refractivity contribution >= 4 is 6.29 Å². The first kappa shape index (κ1) is 10.9. The summed E-state index contributed by atoms with van der Waals surface area (Å²) in [6.07, 6.45) is 2.26. The third kappa shape index (κ3) is 2.70. The Morgan fingerprint density at radius 2 is 2.06 bits per heavy atom. The molecule has 0 unspecified atom stereocenters. The van der Waals surface area contributed by atoms with Gasteiger partial charge in [-0.2, -0.15) is 0 Å². The minimum atomic E-state index is -0.0385. The van der Waals surface area contributed by atoms with Gasteiger partial charge in [0.15, 0.2) is 6.29 Å². The molecule has 0 saturated carbocycles. The molecule has 0 radical (unpaired) electrons. The van der Waals surface area contributed by atoms with Gasteiger partial charge in [-0.25, -0.2) is 4.98 Å². The number of phenolic OH excluding ortho intramolecular Hbond substituents is 1. The molecule has 1 aromatic carbocycles. The molecule has 0 saturated heterocycles. The highest BCUT2D eigenvalue weighted by molar-refractivity contribution is 5.79. The number of pyridine rings is 1. The summed E-state index contributed by atoms with van der Waals surface area (Å²) in [5.74, 6) is 5.71. The summed E-state index contributed by atoms with van der Waals surface area (Å²) in [4.78, 5) is 14.7. The van der Waals surface area contributed by atoms with Crippen LogP contribution in [-0.2, 0) is 0 Å². The van der Waals surface area contributed by atoms with Crippen LogP contribution in [0.15, 0.2) is 42.6 Å². The third-order valence-electron chi connectivity index (χ3n) is 2.15. The van der Waals surface area contributed by atoms with Crippen molar-refractivity contribution in [1.29, 1.82) is 0 Å². The number of carbonyl (C=O) groups is 1. The Balaban J connectivity index is 2.31. The summed E-state index contributed by atoms with van der Waals surface area (Å²) in [6.45, 7) is 0. The van der Waals surface area contributed by atoms with Crippen molar-refractivity contribution in [2.24, 2.45) is 0 Å². The Labute approximate surface area is 98.8 Å². The van der Waals surface area contributed by atoms with E-state index in [0.717, 1.165) is 0 Å². The first-order valence-corrected chi connectivity index (χ1v) is 5.01. The van der Waals surface area contributed by atoms with Crippen LogP contribution in [0.5, 0.6) is 5.75 Å². The van der Waals surface area contributed by atoms with Gasteiger partial charge in [0.2, 0.25) is 0 Å². The van der Waals surface area contributed by atoms with Crippen molar-refractivity contribution < 1.29 is 9.90 Å². The molecule has 17 heavy (non-hydrogen) atoms. The maximum Gasteiger partial charge on any atom is 0.153 e. The van der Waals surface area contributed by atoms with Gasteiger partial charge in [0, 0.05) is 11.8 Å². The average Bonchev–Trinajstić information content (AvgIpc) is 2.39. The zero-order valence-electron chi connectivity index (χ0n) is 8.92. The standard InChI is InChI=1S/C14H9NO2/c16-10-12-9-11(5-7-14(12)17)4-6-13-3-1-2-8-15-13/h1-3,5,7-10,17H. The second-order valence-electron chi connectivity index (χ2n) is 3.36. The molecular formula is C14H9NO2. The summed E-state index contributed by atoms with van der Waals surface area (Å²) in [7, 11) is 0. The average molecular weight is 223 g/mol. The molecule has 0 amide bonds. The molecule has 0 spiro atoms. The molecule has 82 valence electrons. The summed E-state index contributed by atoms with van der Waals surface area (Å²) in [5, 5.41) is 9.33. The lowest BCUT2D eigenvalue weighted by atomic mass is 10.1. The molecule has 0 bridgehead atoms. The summed E-state index contributed by atoms with van der Waals surface area (Å²) >= 11 is 0. The molecule has 1 N–H and O–H groups in total. The van der Waals surface area contributed by atoms with E-state index in [1.165, 1.54) is 12.1 Å². The quantitative estimate of drug-likeness (QED) is 0.594. The fourth-order valence-electron chi connectivity index (χ4n) is 1.30. The Hall–Kier alpha value is -2.60. The van der Waals surface area contributed by atoms with E-state index in [-0.39, 0.29) is 11.3 Å². The van der Waals surface area contributed by atoms with Gasteiger partial charge in [-0.05, 0) is 36.3 Å². The van der Waals surface area contributed by atoms with Gasteiger partial charge in [0.05, 0.1) is 5.56 Å². The molecule has 3 heteroatoms. The molecule has 0 aliphatic rings. The topological polar surface area (TPSA) is 50.2 Å². The minimum absolute atomic E-state index is 0.0385. The smallest absolute Gasteiger partial charge is 0.153 e. The molecule has 0 aliphatic heterocycles. The minimum Gasteiger partial charge on any atom is -0.507 e. The molecule has 0 aliphatic carbocycles. The molecular weight excluding hydrogens is 214 g/mol. The molecule has 2 aromatic rings. The number of phenols is 1. The van der Waals surface area contributed by atoms with Crippen molar-refractivity contribution in [2.75, 3.05) is 0 Å². The first-order chi connectivity index (χ1) is 8.29. The van der Waals surface area contributed by atoms with Crippen LogP contribution in [-0.4, -0.2) is 16.4 Å². The summed E-state index contributed by atoms with van der Waals surface area (Å²) in [5.41, 5.74) is 1.56. The van der Waals surface area contributed by atoms with E-state index in [1.54, 1.807) is 18.3 Å². The molecule has 3 nitrogen and oxygen atoms in total. The zero-order valence-corrected chi connectivity index (χ0v) is 8.92. The largest absolute Gasteiger partial charge is 0.507 e. The van der Waals surface area contributed by atoms with E-state index in [9.17, 15) is 9.90 Å². The second-order valence-corrected chi connectivity index (χ2v) is 3.36. The number of nitrogens with zero attached hydrogens (tertiary/aromatic N) is 1. The molecule has 1 aromatic heterocycles. The van der Waals surface area contributed by atoms with E-state index < -0.39 is 0 Å². The summed E-state index contributed by atoms with van der Waals surface area (Å²) in [6, 6.07) is 10.1. The van der Waals surface area contributed by atoms with Crippen LogP contribution in [0.3, 0.4) is 0 Å². The number of aromatic hydroxyl groups is 1. The zero-order chi connectivity index (χ0) is 12.1. The van der Waals surface area contributed by atoms with Crippen molar-refractivity contribution in [3.8, 4) is 17.6 Å². The monoisotopic (exact) mass is 223 g/mol. The van der Waals surface area contributed by atoms with Gasteiger partial charge in [0.1, 0.15) is 11.4 Å². The van der Waals surface area contributed by atoms with Crippen LogP contribution < -0.4 is 0 Å². The fourth-order valence-corrected chi connectivity index (χ4v) is 1.30. The van der Waals surface area contributed by atoms with Crippen LogP contribution in [0, 0.1) is 11.8 Å². The maximum absolute atomic E-state index is 10.6. The van der Waals surface area contributed by atoms with E-state index in [0.29, 0.717) is 17.5 Å². The Morgan fingerprint density at radius 1 is 1.18 bits per heavy atom. The van der Waals surface area contributed by atoms with Crippen molar-refractivity contribution in [2.45, 2.75) is 0 Å². The number of hydrogen-bond donors (Lipinski definition) is 1.